The van der Waals surface area contributed by atoms with Crippen molar-refractivity contribution < 1.29 is 19.2 Å². The number of rotatable bonds is 9. The molecule has 0 bridgehead atoms. The highest BCUT2D eigenvalue weighted by Crippen LogP contribution is 2.23. The summed E-state index contributed by atoms with van der Waals surface area (Å²) in [4.78, 5) is 24.3. The summed E-state index contributed by atoms with van der Waals surface area (Å²) >= 11 is 1.46. The number of benzene rings is 1. The molecular formula is C19H21FN2O3S. The van der Waals surface area contributed by atoms with E-state index in [1.807, 2.05) is 17.5 Å². The number of carbonyl (C=O) groups excluding carboxylic acids is 2. The monoisotopic (exact) mass is 376 g/mol. The highest BCUT2D eigenvalue weighted by atomic mass is 32.1. The van der Waals surface area contributed by atoms with Gasteiger partial charge in [-0.3, -0.25) is 14.8 Å². The number of hydrogen-bond acceptors (Lipinski definition) is 4. The molecule has 26 heavy (non-hydrogen) atoms. The van der Waals surface area contributed by atoms with Gasteiger partial charge in [0.2, 0.25) is 5.91 Å². The first-order valence-electron chi connectivity index (χ1n) is 8.32. The van der Waals surface area contributed by atoms with Gasteiger partial charge < -0.3 is 5.32 Å². The van der Waals surface area contributed by atoms with E-state index in [4.69, 9.17) is 5.21 Å². The minimum Gasteiger partial charge on any atom is -0.352 e. The van der Waals surface area contributed by atoms with Crippen molar-refractivity contribution in [1.29, 1.82) is 0 Å². The molecule has 0 spiro atoms. The highest BCUT2D eigenvalue weighted by Gasteiger charge is 2.13. The van der Waals surface area contributed by atoms with Crippen molar-refractivity contribution in [1.82, 2.24) is 10.8 Å². The Kier molecular flexibility index (Phi) is 7.98. The molecular weight excluding hydrogens is 355 g/mol. The predicted molar refractivity (Wildman–Crippen MR) is 100.0 cm³/mol. The molecule has 1 aromatic heterocycles. The second-order valence-corrected chi connectivity index (χ2v) is 6.64. The first-order valence-corrected chi connectivity index (χ1v) is 9.20. The zero-order valence-corrected chi connectivity index (χ0v) is 15.0. The lowest BCUT2D eigenvalue weighted by Gasteiger charge is -2.08. The van der Waals surface area contributed by atoms with Crippen LogP contribution in [0.25, 0.3) is 11.6 Å². The summed E-state index contributed by atoms with van der Waals surface area (Å²) in [6, 6.07) is 9.71. The Morgan fingerprint density at radius 2 is 1.88 bits per heavy atom. The highest BCUT2D eigenvalue weighted by molar-refractivity contribution is 7.11. The van der Waals surface area contributed by atoms with Gasteiger partial charge in [0.15, 0.2) is 0 Å². The minimum atomic E-state index is -0.406. The largest absolute Gasteiger partial charge is 0.352 e. The van der Waals surface area contributed by atoms with Crippen LogP contribution in [0.2, 0.25) is 0 Å². The number of amides is 2. The third kappa shape index (κ3) is 6.42. The summed E-state index contributed by atoms with van der Waals surface area (Å²) in [7, 11) is 0. The number of unbranched alkanes of at least 4 members (excludes halogenated alkanes) is 2. The zero-order chi connectivity index (χ0) is 18.8. The quantitative estimate of drug-likeness (QED) is 0.271. The Hall–Kier alpha value is -2.51. The van der Waals surface area contributed by atoms with E-state index in [0.29, 0.717) is 18.5 Å². The number of hydrogen-bond donors (Lipinski definition) is 3. The smallest absolute Gasteiger partial charge is 0.252 e. The van der Waals surface area contributed by atoms with E-state index < -0.39 is 5.91 Å². The Morgan fingerprint density at radius 3 is 2.54 bits per heavy atom. The lowest BCUT2D eigenvalue weighted by Crippen LogP contribution is -2.25. The molecule has 0 saturated heterocycles. The van der Waals surface area contributed by atoms with E-state index in [9.17, 15) is 14.0 Å². The van der Waals surface area contributed by atoms with E-state index in [0.717, 1.165) is 23.3 Å². The molecule has 2 rings (SSSR count). The molecule has 138 valence electrons. The van der Waals surface area contributed by atoms with Crippen LogP contribution in [0.4, 0.5) is 4.39 Å². The normalized spacial score (nSPS) is 11.2. The molecule has 0 unspecified atom stereocenters. The van der Waals surface area contributed by atoms with Gasteiger partial charge in [0.05, 0.1) is 5.57 Å². The summed E-state index contributed by atoms with van der Waals surface area (Å²) in [6.45, 7) is 0.492. The van der Waals surface area contributed by atoms with Crippen LogP contribution in [0.3, 0.4) is 0 Å². The maximum atomic E-state index is 13.1. The number of hydroxylamine groups is 1. The van der Waals surface area contributed by atoms with Gasteiger partial charge in [0.25, 0.3) is 5.91 Å². The van der Waals surface area contributed by atoms with Gasteiger partial charge in [-0.05, 0) is 48.1 Å². The van der Waals surface area contributed by atoms with Gasteiger partial charge in [0.1, 0.15) is 5.82 Å². The van der Waals surface area contributed by atoms with Crippen LogP contribution in [0, 0.1) is 5.82 Å². The molecule has 1 heterocycles. The Bertz CT molecular complexity index is 743. The van der Waals surface area contributed by atoms with E-state index >= 15 is 0 Å². The van der Waals surface area contributed by atoms with Crippen molar-refractivity contribution >= 4 is 34.8 Å². The maximum Gasteiger partial charge on any atom is 0.252 e. The standard InChI is InChI=1S/C19H21FN2O3S/c20-15-9-7-14(8-10-15)13-16(17-5-4-12-26-17)19(24)21-11-3-1-2-6-18(23)22-25/h4-5,7-10,12-13,25H,1-3,6,11H2,(H,21,24)(H,22,23)/b16-13-. The zero-order valence-electron chi connectivity index (χ0n) is 14.2. The minimum absolute atomic E-state index is 0.190. The Labute approximate surface area is 155 Å². The third-order valence-electron chi connectivity index (χ3n) is 3.70. The van der Waals surface area contributed by atoms with Crippen molar-refractivity contribution in [2.45, 2.75) is 25.7 Å². The SMILES string of the molecule is O=C(CCCCCNC(=O)/C(=C\c1ccc(F)cc1)c1cccs1)NO. The average molecular weight is 376 g/mol. The van der Waals surface area contributed by atoms with E-state index in [2.05, 4.69) is 5.32 Å². The molecule has 0 aliphatic carbocycles. The second kappa shape index (κ2) is 10.5. The summed E-state index contributed by atoms with van der Waals surface area (Å²) in [5.74, 6) is -0.916. The molecule has 0 fully saturated rings. The maximum absolute atomic E-state index is 13.1. The molecule has 1 aromatic carbocycles. The van der Waals surface area contributed by atoms with E-state index in [1.54, 1.807) is 23.7 Å². The number of nitrogens with one attached hydrogen (secondary N) is 2. The lowest BCUT2D eigenvalue weighted by atomic mass is 10.1. The van der Waals surface area contributed by atoms with Gasteiger partial charge >= 0.3 is 0 Å². The molecule has 0 saturated carbocycles. The van der Waals surface area contributed by atoms with Crippen LogP contribution in [0.15, 0.2) is 41.8 Å². The fourth-order valence-corrected chi connectivity index (χ4v) is 3.09. The molecule has 0 atom stereocenters. The third-order valence-corrected chi connectivity index (χ3v) is 4.61. The van der Waals surface area contributed by atoms with Crippen LogP contribution in [0.5, 0.6) is 0 Å². The van der Waals surface area contributed by atoms with Crippen molar-refractivity contribution in [3.63, 3.8) is 0 Å². The molecule has 0 aliphatic heterocycles. The van der Waals surface area contributed by atoms with Crippen molar-refractivity contribution in [2.24, 2.45) is 0 Å². The summed E-state index contributed by atoms with van der Waals surface area (Å²) in [6.07, 6.45) is 4.15. The van der Waals surface area contributed by atoms with Crippen molar-refractivity contribution in [3.05, 3.63) is 58.0 Å². The number of carbonyl (C=O) groups is 2. The fraction of sp³-hybridized carbons (Fsp3) is 0.263. The van der Waals surface area contributed by atoms with E-state index in [-0.39, 0.29) is 18.1 Å². The molecule has 2 aromatic rings. The van der Waals surface area contributed by atoms with Crippen LogP contribution in [0.1, 0.15) is 36.1 Å². The summed E-state index contributed by atoms with van der Waals surface area (Å²) < 4.78 is 13.1. The van der Waals surface area contributed by atoms with Crippen molar-refractivity contribution in [2.75, 3.05) is 6.54 Å². The fourth-order valence-electron chi connectivity index (χ4n) is 2.35. The molecule has 3 N–H and O–H groups in total. The summed E-state index contributed by atoms with van der Waals surface area (Å²) in [5.41, 5.74) is 2.88. The molecule has 5 nitrogen and oxygen atoms in total. The molecule has 7 heteroatoms. The first kappa shape index (κ1) is 19.8. The van der Waals surface area contributed by atoms with Gasteiger partial charge in [0, 0.05) is 17.8 Å². The first-order chi connectivity index (χ1) is 12.6. The Balaban J connectivity index is 1.93. The van der Waals surface area contributed by atoms with Gasteiger partial charge in [-0.1, -0.05) is 24.6 Å². The van der Waals surface area contributed by atoms with Gasteiger partial charge in [-0.25, -0.2) is 9.87 Å². The summed E-state index contributed by atoms with van der Waals surface area (Å²) in [5, 5.41) is 13.2. The second-order valence-electron chi connectivity index (χ2n) is 5.69. The molecule has 2 amide bonds. The van der Waals surface area contributed by atoms with Crippen LogP contribution >= 0.6 is 11.3 Å². The van der Waals surface area contributed by atoms with E-state index in [1.165, 1.54) is 23.5 Å². The number of thiophene rings is 1. The van der Waals surface area contributed by atoms with Gasteiger partial charge in [-0.15, -0.1) is 11.3 Å². The lowest BCUT2D eigenvalue weighted by molar-refractivity contribution is -0.129. The number of halogens is 1. The predicted octanol–water partition coefficient (Wildman–Crippen LogP) is 3.61. The topological polar surface area (TPSA) is 78.4 Å². The Morgan fingerprint density at radius 1 is 1.12 bits per heavy atom. The average Bonchev–Trinajstić information content (AvgIpc) is 3.18. The van der Waals surface area contributed by atoms with Crippen molar-refractivity contribution in [3.8, 4) is 0 Å². The van der Waals surface area contributed by atoms with Crippen LogP contribution in [-0.4, -0.2) is 23.6 Å². The van der Waals surface area contributed by atoms with Crippen LogP contribution in [-0.2, 0) is 9.59 Å². The van der Waals surface area contributed by atoms with Gasteiger partial charge in [-0.2, -0.15) is 0 Å². The van der Waals surface area contributed by atoms with Crippen LogP contribution < -0.4 is 10.8 Å². The molecule has 0 aliphatic rings. The molecule has 0 radical (unpaired) electrons.